The fraction of sp³-hybridized carbons (Fsp3) is 0.188. The number of rotatable bonds is 8. The molecule has 4 aromatic rings. The van der Waals surface area contributed by atoms with Crippen molar-refractivity contribution >= 4 is 11.8 Å². The van der Waals surface area contributed by atoms with E-state index in [0.717, 1.165) is 22.3 Å². The number of carbonyl (C=O) groups is 2. The van der Waals surface area contributed by atoms with Crippen molar-refractivity contribution in [2.24, 2.45) is 0 Å². The second kappa shape index (κ2) is 12.1. The van der Waals surface area contributed by atoms with E-state index in [1.54, 1.807) is 9.80 Å². The second-order valence-electron chi connectivity index (χ2n) is 9.12. The number of carbonyl (C=O) groups excluding carboxylic acids is 2. The van der Waals surface area contributed by atoms with Gasteiger partial charge in [0.1, 0.15) is 11.5 Å². The van der Waals surface area contributed by atoms with E-state index in [9.17, 15) is 9.59 Å². The maximum absolute atomic E-state index is 12.6. The average Bonchev–Trinajstić information content (AvgIpc) is 3.00. The Morgan fingerprint density at radius 1 is 0.474 bits per heavy atom. The van der Waals surface area contributed by atoms with Gasteiger partial charge in [0, 0.05) is 26.2 Å². The van der Waals surface area contributed by atoms with Gasteiger partial charge in [0.2, 0.25) is 0 Å². The molecule has 1 fully saturated rings. The van der Waals surface area contributed by atoms with Gasteiger partial charge in [-0.15, -0.1) is 0 Å². The highest BCUT2D eigenvalue weighted by Crippen LogP contribution is 2.23. The lowest BCUT2D eigenvalue weighted by Crippen LogP contribution is -2.52. The quantitative estimate of drug-likeness (QED) is 0.332. The molecule has 5 rings (SSSR count). The predicted octanol–water partition coefficient (Wildman–Crippen LogP) is 5.15. The molecular formula is C32H30N2O4. The van der Waals surface area contributed by atoms with Crippen molar-refractivity contribution in [3.63, 3.8) is 0 Å². The van der Waals surface area contributed by atoms with Crippen molar-refractivity contribution < 1.29 is 19.1 Å². The first-order chi connectivity index (χ1) is 18.7. The molecule has 1 aliphatic heterocycles. The number of amides is 2. The third-order valence-electron chi connectivity index (χ3n) is 6.63. The minimum Gasteiger partial charge on any atom is -0.484 e. The third kappa shape index (κ3) is 6.40. The molecule has 0 atom stereocenters. The van der Waals surface area contributed by atoms with Crippen LogP contribution in [0.2, 0.25) is 0 Å². The molecule has 0 radical (unpaired) electrons. The lowest BCUT2D eigenvalue weighted by atomic mass is 10.1. The molecule has 0 unspecified atom stereocenters. The molecule has 6 heteroatoms. The summed E-state index contributed by atoms with van der Waals surface area (Å²) >= 11 is 0. The fourth-order valence-corrected chi connectivity index (χ4v) is 4.43. The Balaban J connectivity index is 1.03. The third-order valence-corrected chi connectivity index (χ3v) is 6.63. The van der Waals surface area contributed by atoms with Gasteiger partial charge in [0.15, 0.2) is 13.2 Å². The molecule has 0 aromatic heterocycles. The minimum atomic E-state index is -0.0843. The van der Waals surface area contributed by atoms with Gasteiger partial charge in [-0.3, -0.25) is 9.59 Å². The van der Waals surface area contributed by atoms with Crippen molar-refractivity contribution in [3.05, 3.63) is 109 Å². The van der Waals surface area contributed by atoms with Gasteiger partial charge < -0.3 is 19.3 Å². The summed E-state index contributed by atoms with van der Waals surface area (Å²) in [5, 5.41) is 0. The summed E-state index contributed by atoms with van der Waals surface area (Å²) in [7, 11) is 0. The molecule has 4 aromatic carbocycles. The fourth-order valence-electron chi connectivity index (χ4n) is 4.43. The van der Waals surface area contributed by atoms with Crippen LogP contribution < -0.4 is 9.47 Å². The molecule has 38 heavy (non-hydrogen) atoms. The van der Waals surface area contributed by atoms with Crippen LogP contribution in [0.1, 0.15) is 0 Å². The van der Waals surface area contributed by atoms with Crippen LogP contribution in [-0.4, -0.2) is 61.0 Å². The van der Waals surface area contributed by atoms with Crippen LogP contribution in [0.15, 0.2) is 109 Å². The number of ether oxygens (including phenoxy) is 2. The minimum absolute atomic E-state index is 0.0271. The SMILES string of the molecule is O=C(COc1ccc(-c2ccccc2)cc1)N1CCN(C(=O)COc2ccc(-c3ccccc3)cc2)CC1. The summed E-state index contributed by atoms with van der Waals surface area (Å²) in [4.78, 5) is 28.8. The van der Waals surface area contributed by atoms with Crippen LogP contribution in [0.25, 0.3) is 22.3 Å². The van der Waals surface area contributed by atoms with Crippen LogP contribution in [0.3, 0.4) is 0 Å². The number of hydrogen-bond donors (Lipinski definition) is 0. The van der Waals surface area contributed by atoms with Gasteiger partial charge in [0.05, 0.1) is 0 Å². The van der Waals surface area contributed by atoms with Gasteiger partial charge in [-0.05, 0) is 46.5 Å². The molecule has 1 saturated heterocycles. The Bertz CT molecular complexity index is 1230. The van der Waals surface area contributed by atoms with Crippen LogP contribution in [0.4, 0.5) is 0 Å². The van der Waals surface area contributed by atoms with Gasteiger partial charge in [-0.25, -0.2) is 0 Å². The van der Waals surface area contributed by atoms with Crippen LogP contribution >= 0.6 is 0 Å². The normalized spacial score (nSPS) is 13.2. The number of benzene rings is 4. The van der Waals surface area contributed by atoms with Crippen LogP contribution in [-0.2, 0) is 9.59 Å². The lowest BCUT2D eigenvalue weighted by Gasteiger charge is -2.34. The first-order valence-electron chi connectivity index (χ1n) is 12.8. The van der Waals surface area contributed by atoms with E-state index < -0.39 is 0 Å². The summed E-state index contributed by atoms with van der Waals surface area (Å²) in [5.74, 6) is 1.14. The maximum Gasteiger partial charge on any atom is 0.260 e. The van der Waals surface area contributed by atoms with E-state index in [1.807, 2.05) is 84.9 Å². The lowest BCUT2D eigenvalue weighted by molar-refractivity contribution is -0.141. The zero-order chi connectivity index (χ0) is 26.2. The first-order valence-corrected chi connectivity index (χ1v) is 12.8. The van der Waals surface area contributed by atoms with E-state index >= 15 is 0 Å². The molecule has 0 spiro atoms. The van der Waals surface area contributed by atoms with E-state index in [0.29, 0.717) is 37.7 Å². The summed E-state index contributed by atoms with van der Waals surface area (Å²) in [6.07, 6.45) is 0. The van der Waals surface area contributed by atoms with Crippen molar-refractivity contribution in [1.82, 2.24) is 9.80 Å². The molecule has 1 aliphatic rings. The van der Waals surface area contributed by atoms with Crippen LogP contribution in [0.5, 0.6) is 11.5 Å². The highest BCUT2D eigenvalue weighted by molar-refractivity contribution is 5.80. The average molecular weight is 507 g/mol. The Kier molecular flexibility index (Phi) is 7.99. The van der Waals surface area contributed by atoms with Crippen molar-refractivity contribution in [1.29, 1.82) is 0 Å². The summed E-state index contributed by atoms with van der Waals surface area (Å²) in [6.45, 7) is 1.86. The smallest absolute Gasteiger partial charge is 0.260 e. The van der Waals surface area contributed by atoms with E-state index in [-0.39, 0.29) is 25.0 Å². The maximum atomic E-state index is 12.6. The molecule has 0 N–H and O–H groups in total. The number of nitrogens with zero attached hydrogens (tertiary/aromatic N) is 2. The highest BCUT2D eigenvalue weighted by atomic mass is 16.5. The zero-order valence-corrected chi connectivity index (χ0v) is 21.2. The molecule has 1 heterocycles. The molecular weight excluding hydrogens is 476 g/mol. The Labute approximate surface area is 223 Å². The Morgan fingerprint density at radius 2 is 0.789 bits per heavy atom. The number of piperazine rings is 1. The van der Waals surface area contributed by atoms with Crippen molar-refractivity contribution in [3.8, 4) is 33.8 Å². The molecule has 192 valence electrons. The summed E-state index contributed by atoms with van der Waals surface area (Å²) in [6, 6.07) is 35.7. The van der Waals surface area contributed by atoms with E-state index in [4.69, 9.17) is 9.47 Å². The van der Waals surface area contributed by atoms with Gasteiger partial charge in [-0.2, -0.15) is 0 Å². The number of hydrogen-bond acceptors (Lipinski definition) is 4. The van der Waals surface area contributed by atoms with Crippen molar-refractivity contribution in [2.75, 3.05) is 39.4 Å². The monoisotopic (exact) mass is 506 g/mol. The topological polar surface area (TPSA) is 59.1 Å². The second-order valence-corrected chi connectivity index (χ2v) is 9.12. The van der Waals surface area contributed by atoms with Crippen molar-refractivity contribution in [2.45, 2.75) is 0 Å². The molecule has 0 aliphatic carbocycles. The summed E-state index contributed by atoms with van der Waals surface area (Å²) < 4.78 is 11.4. The van der Waals surface area contributed by atoms with E-state index in [2.05, 4.69) is 24.3 Å². The van der Waals surface area contributed by atoms with Gasteiger partial charge in [-0.1, -0.05) is 84.9 Å². The largest absolute Gasteiger partial charge is 0.484 e. The Hall–Kier alpha value is -4.58. The highest BCUT2D eigenvalue weighted by Gasteiger charge is 2.24. The molecule has 2 amide bonds. The Morgan fingerprint density at radius 3 is 1.13 bits per heavy atom. The zero-order valence-electron chi connectivity index (χ0n) is 21.2. The first kappa shape index (κ1) is 25.1. The van der Waals surface area contributed by atoms with Crippen LogP contribution in [0, 0.1) is 0 Å². The van der Waals surface area contributed by atoms with E-state index in [1.165, 1.54) is 0 Å². The van der Waals surface area contributed by atoms with Gasteiger partial charge in [0.25, 0.3) is 11.8 Å². The standard InChI is InChI=1S/C32H30N2O4/c35-31(23-37-29-15-11-27(12-16-29)25-7-3-1-4-8-25)33-19-21-34(22-20-33)32(36)24-38-30-17-13-28(14-18-30)26-9-5-2-6-10-26/h1-18H,19-24H2. The predicted molar refractivity (Wildman–Crippen MR) is 148 cm³/mol. The molecule has 6 nitrogen and oxygen atoms in total. The summed E-state index contributed by atoms with van der Waals surface area (Å²) in [5.41, 5.74) is 4.46. The molecule has 0 saturated carbocycles. The molecule has 0 bridgehead atoms. The van der Waals surface area contributed by atoms with Gasteiger partial charge >= 0.3 is 0 Å².